The molecule has 2 atom stereocenters. The van der Waals surface area contributed by atoms with E-state index in [4.69, 9.17) is 9.47 Å². The van der Waals surface area contributed by atoms with Gasteiger partial charge in [0, 0.05) is 12.5 Å². The molecule has 0 aliphatic carbocycles. The van der Waals surface area contributed by atoms with Crippen LogP contribution in [0.5, 0.6) is 5.75 Å². The number of ether oxygens (including phenoxy) is 2. The summed E-state index contributed by atoms with van der Waals surface area (Å²) in [5.74, 6) is 0.977. The van der Waals surface area contributed by atoms with Gasteiger partial charge in [-0.3, -0.25) is 0 Å². The minimum Gasteiger partial charge on any atom is -0.496 e. The highest BCUT2D eigenvalue weighted by Crippen LogP contribution is 2.33. The van der Waals surface area contributed by atoms with E-state index in [1.807, 2.05) is 18.2 Å². The molecule has 0 spiro atoms. The molecule has 17 heavy (non-hydrogen) atoms. The number of aliphatic hydroxyl groups is 1. The Hall–Kier alpha value is -0.580. The second-order valence-corrected chi connectivity index (χ2v) is 5.17. The zero-order valence-corrected chi connectivity index (χ0v) is 11.4. The lowest BCUT2D eigenvalue weighted by atomic mass is 9.91. The highest BCUT2D eigenvalue weighted by atomic mass is 79.9. The molecule has 0 amide bonds. The van der Waals surface area contributed by atoms with Crippen LogP contribution in [-0.2, 0) is 4.74 Å². The van der Waals surface area contributed by atoms with Crippen molar-refractivity contribution >= 4 is 15.9 Å². The average molecular weight is 301 g/mol. The average Bonchev–Trinajstić information content (AvgIpc) is 2.39. The van der Waals surface area contributed by atoms with Gasteiger partial charge in [-0.25, -0.2) is 0 Å². The monoisotopic (exact) mass is 300 g/mol. The fourth-order valence-electron chi connectivity index (χ4n) is 2.15. The van der Waals surface area contributed by atoms with Gasteiger partial charge in [0.15, 0.2) is 0 Å². The summed E-state index contributed by atoms with van der Waals surface area (Å²) in [6.07, 6.45) is 1.58. The van der Waals surface area contributed by atoms with Crippen LogP contribution in [0.4, 0.5) is 0 Å². The predicted octanol–water partition coefficient (Wildman–Crippen LogP) is 2.92. The van der Waals surface area contributed by atoms with E-state index in [-0.39, 0.29) is 5.92 Å². The summed E-state index contributed by atoms with van der Waals surface area (Å²) in [7, 11) is 1.63. The second-order valence-electron chi connectivity index (χ2n) is 4.32. The molecule has 0 bridgehead atoms. The molecule has 1 aliphatic rings. The third-order valence-corrected chi connectivity index (χ3v) is 3.78. The first-order chi connectivity index (χ1) is 8.22. The van der Waals surface area contributed by atoms with Crippen LogP contribution in [0.3, 0.4) is 0 Å². The first-order valence-corrected chi connectivity index (χ1v) is 6.61. The van der Waals surface area contributed by atoms with Gasteiger partial charge in [0.25, 0.3) is 0 Å². The standard InChI is InChI=1S/C13H17BrO3/c1-16-12-5-4-9(7-11(12)14)13(15)10-3-2-6-17-8-10/h4-5,7,10,13,15H,2-3,6,8H2,1H3. The summed E-state index contributed by atoms with van der Waals surface area (Å²) in [4.78, 5) is 0. The number of benzene rings is 1. The number of halogens is 1. The largest absolute Gasteiger partial charge is 0.496 e. The molecule has 0 radical (unpaired) electrons. The third kappa shape index (κ3) is 3.00. The second kappa shape index (κ2) is 5.85. The van der Waals surface area contributed by atoms with Gasteiger partial charge in [0.2, 0.25) is 0 Å². The zero-order chi connectivity index (χ0) is 12.3. The van der Waals surface area contributed by atoms with E-state index in [0.717, 1.165) is 35.2 Å². The molecule has 0 aromatic heterocycles. The zero-order valence-electron chi connectivity index (χ0n) is 9.86. The summed E-state index contributed by atoms with van der Waals surface area (Å²) in [6.45, 7) is 1.46. The number of hydrogen-bond donors (Lipinski definition) is 1. The fourth-order valence-corrected chi connectivity index (χ4v) is 2.71. The van der Waals surface area contributed by atoms with Crippen molar-refractivity contribution in [3.8, 4) is 5.75 Å². The molecule has 1 saturated heterocycles. The van der Waals surface area contributed by atoms with Crippen LogP contribution < -0.4 is 4.74 Å². The smallest absolute Gasteiger partial charge is 0.133 e. The van der Waals surface area contributed by atoms with Gasteiger partial charge in [-0.05, 0) is 46.5 Å². The van der Waals surface area contributed by atoms with Gasteiger partial charge in [-0.15, -0.1) is 0 Å². The Labute approximate surface area is 110 Å². The van der Waals surface area contributed by atoms with Gasteiger partial charge >= 0.3 is 0 Å². The van der Waals surface area contributed by atoms with Crippen LogP contribution in [-0.4, -0.2) is 25.4 Å². The Balaban J connectivity index is 2.12. The maximum Gasteiger partial charge on any atom is 0.133 e. The molecule has 1 aromatic carbocycles. The molecular weight excluding hydrogens is 284 g/mol. The molecule has 2 unspecified atom stereocenters. The van der Waals surface area contributed by atoms with Crippen molar-refractivity contribution in [3.63, 3.8) is 0 Å². The quantitative estimate of drug-likeness (QED) is 0.933. The van der Waals surface area contributed by atoms with E-state index in [1.54, 1.807) is 7.11 Å². The highest BCUT2D eigenvalue weighted by Gasteiger charge is 2.24. The molecule has 3 nitrogen and oxygen atoms in total. The van der Waals surface area contributed by atoms with Crippen LogP contribution >= 0.6 is 15.9 Å². The predicted molar refractivity (Wildman–Crippen MR) is 69.2 cm³/mol. The number of methoxy groups -OCH3 is 1. The van der Waals surface area contributed by atoms with Gasteiger partial charge < -0.3 is 14.6 Å². The Morgan fingerprint density at radius 1 is 1.53 bits per heavy atom. The molecule has 1 fully saturated rings. The molecule has 2 rings (SSSR count). The van der Waals surface area contributed by atoms with Crippen LogP contribution in [0.15, 0.2) is 22.7 Å². The lowest BCUT2D eigenvalue weighted by Crippen LogP contribution is -2.23. The van der Waals surface area contributed by atoms with Crippen LogP contribution in [0.1, 0.15) is 24.5 Å². The fraction of sp³-hybridized carbons (Fsp3) is 0.538. The van der Waals surface area contributed by atoms with Crippen LogP contribution in [0.2, 0.25) is 0 Å². The normalized spacial score (nSPS) is 22.2. The van der Waals surface area contributed by atoms with E-state index in [1.165, 1.54) is 0 Å². The van der Waals surface area contributed by atoms with Crippen molar-refractivity contribution in [2.45, 2.75) is 18.9 Å². The summed E-state index contributed by atoms with van der Waals surface area (Å²) in [6, 6.07) is 5.69. The number of aliphatic hydroxyl groups excluding tert-OH is 1. The summed E-state index contributed by atoms with van der Waals surface area (Å²) < 4.78 is 11.4. The highest BCUT2D eigenvalue weighted by molar-refractivity contribution is 9.10. The first-order valence-electron chi connectivity index (χ1n) is 5.81. The molecule has 94 valence electrons. The van der Waals surface area contributed by atoms with E-state index in [0.29, 0.717) is 6.61 Å². The van der Waals surface area contributed by atoms with E-state index >= 15 is 0 Å². The van der Waals surface area contributed by atoms with Gasteiger partial charge in [0.1, 0.15) is 5.75 Å². The SMILES string of the molecule is COc1ccc(C(O)C2CCCOC2)cc1Br. The molecule has 1 aromatic rings. The number of hydrogen-bond acceptors (Lipinski definition) is 3. The Morgan fingerprint density at radius 3 is 2.94 bits per heavy atom. The molecule has 1 aliphatic heterocycles. The molecule has 0 saturated carbocycles. The van der Waals surface area contributed by atoms with Crippen molar-refractivity contribution in [3.05, 3.63) is 28.2 Å². The van der Waals surface area contributed by atoms with Crippen molar-refractivity contribution < 1.29 is 14.6 Å². The maximum absolute atomic E-state index is 10.3. The van der Waals surface area contributed by atoms with E-state index in [9.17, 15) is 5.11 Å². The maximum atomic E-state index is 10.3. The Morgan fingerprint density at radius 2 is 2.35 bits per heavy atom. The van der Waals surface area contributed by atoms with Gasteiger partial charge in [-0.2, -0.15) is 0 Å². The number of rotatable bonds is 3. The van der Waals surface area contributed by atoms with Crippen molar-refractivity contribution in [1.82, 2.24) is 0 Å². The van der Waals surface area contributed by atoms with Crippen molar-refractivity contribution in [2.75, 3.05) is 20.3 Å². The van der Waals surface area contributed by atoms with Crippen LogP contribution in [0, 0.1) is 5.92 Å². The molecule has 4 heteroatoms. The van der Waals surface area contributed by atoms with E-state index < -0.39 is 6.10 Å². The lowest BCUT2D eigenvalue weighted by molar-refractivity contribution is -0.00999. The minimum atomic E-state index is -0.461. The summed E-state index contributed by atoms with van der Waals surface area (Å²) >= 11 is 3.43. The minimum absolute atomic E-state index is 0.198. The summed E-state index contributed by atoms with van der Waals surface area (Å²) in [5.41, 5.74) is 0.910. The Kier molecular flexibility index (Phi) is 4.42. The summed E-state index contributed by atoms with van der Waals surface area (Å²) in [5, 5.41) is 10.3. The van der Waals surface area contributed by atoms with E-state index in [2.05, 4.69) is 15.9 Å². The Bertz CT molecular complexity index is 375. The third-order valence-electron chi connectivity index (χ3n) is 3.16. The van der Waals surface area contributed by atoms with Crippen LogP contribution in [0.25, 0.3) is 0 Å². The lowest BCUT2D eigenvalue weighted by Gasteiger charge is -2.27. The topological polar surface area (TPSA) is 38.7 Å². The van der Waals surface area contributed by atoms with Crippen molar-refractivity contribution in [2.24, 2.45) is 5.92 Å². The molecular formula is C13H17BrO3. The van der Waals surface area contributed by atoms with Gasteiger partial charge in [0.05, 0.1) is 24.3 Å². The van der Waals surface area contributed by atoms with Crippen molar-refractivity contribution in [1.29, 1.82) is 0 Å². The van der Waals surface area contributed by atoms with Gasteiger partial charge in [-0.1, -0.05) is 6.07 Å². The molecule has 1 heterocycles. The first kappa shape index (κ1) is 12.9. The molecule has 1 N–H and O–H groups in total.